The van der Waals surface area contributed by atoms with Crippen LogP contribution in [0.25, 0.3) is 0 Å². The molecule has 0 unspecified atom stereocenters. The summed E-state index contributed by atoms with van der Waals surface area (Å²) in [5.74, 6) is 2.30. The van der Waals surface area contributed by atoms with Gasteiger partial charge in [-0.15, -0.1) is 0 Å². The van der Waals surface area contributed by atoms with E-state index in [-0.39, 0.29) is 28.8 Å². The normalized spacial score (nSPS) is 48.0. The molecule has 0 spiro atoms. The van der Waals surface area contributed by atoms with E-state index in [4.69, 9.17) is 4.74 Å². The van der Waals surface area contributed by atoms with Gasteiger partial charge in [0.05, 0.1) is 5.54 Å². The van der Waals surface area contributed by atoms with E-state index in [0.717, 1.165) is 24.7 Å². The molecule has 5 saturated carbocycles. The average Bonchev–Trinajstić information content (AvgIpc) is 3.03. The third kappa shape index (κ3) is 3.96. The molecule has 1 N–H and O–H groups in total. The van der Waals surface area contributed by atoms with E-state index >= 15 is 0 Å². The average molecular weight is 526 g/mol. The van der Waals surface area contributed by atoms with Gasteiger partial charge < -0.3 is 10.1 Å². The molecule has 0 heterocycles. The van der Waals surface area contributed by atoms with Crippen LogP contribution in [-0.2, 0) is 9.53 Å². The van der Waals surface area contributed by atoms with Crippen LogP contribution in [0.1, 0.15) is 127 Å². The molecule has 5 rings (SSSR count). The van der Waals surface area contributed by atoms with Crippen LogP contribution in [0.3, 0.4) is 0 Å². The zero-order valence-electron chi connectivity index (χ0n) is 25.8. The molecule has 0 aliphatic heterocycles. The number of fused-ring (bicyclic) bond motifs is 7. The molecule has 9 atom stereocenters. The molecule has 5 fully saturated rings. The summed E-state index contributed by atoms with van der Waals surface area (Å²) in [5.41, 5.74) is 0.210. The van der Waals surface area contributed by atoms with Gasteiger partial charge in [0.25, 0.3) is 0 Å². The quantitative estimate of drug-likeness (QED) is 0.368. The second-order valence-electron chi connectivity index (χ2n) is 16.5. The van der Waals surface area contributed by atoms with E-state index in [0.29, 0.717) is 29.0 Å². The topological polar surface area (TPSA) is 55.4 Å². The van der Waals surface area contributed by atoms with Gasteiger partial charge in [0.15, 0.2) is 0 Å². The smallest absolute Gasteiger partial charge is 0.408 e. The van der Waals surface area contributed by atoms with Gasteiger partial charge in [-0.1, -0.05) is 53.2 Å². The molecule has 1 amide bonds. The largest absolute Gasteiger partial charge is 0.444 e. The number of hydrogen-bond acceptors (Lipinski definition) is 3. The van der Waals surface area contributed by atoms with Gasteiger partial charge in [-0.25, -0.2) is 4.79 Å². The van der Waals surface area contributed by atoms with Crippen LogP contribution in [0.4, 0.5) is 4.79 Å². The molecular weight excluding hydrogens is 470 g/mol. The van der Waals surface area contributed by atoms with Crippen molar-refractivity contribution in [3.63, 3.8) is 0 Å². The van der Waals surface area contributed by atoms with Crippen LogP contribution in [0, 0.1) is 51.2 Å². The van der Waals surface area contributed by atoms with Crippen LogP contribution in [-0.4, -0.2) is 23.0 Å². The van der Waals surface area contributed by atoms with Crippen molar-refractivity contribution in [2.24, 2.45) is 51.2 Å². The van der Waals surface area contributed by atoms with Crippen LogP contribution in [0.5, 0.6) is 0 Å². The molecule has 5 aliphatic carbocycles. The zero-order valence-corrected chi connectivity index (χ0v) is 25.8. The van der Waals surface area contributed by atoms with Crippen molar-refractivity contribution in [2.75, 3.05) is 0 Å². The molecule has 0 saturated heterocycles. The van der Waals surface area contributed by atoms with E-state index in [1.807, 2.05) is 27.7 Å². The minimum Gasteiger partial charge on any atom is -0.444 e. The fourth-order valence-electron chi connectivity index (χ4n) is 11.7. The number of carbonyl (C=O) groups excluding carboxylic acids is 2. The molecule has 0 aromatic heterocycles. The van der Waals surface area contributed by atoms with Crippen molar-refractivity contribution in [1.82, 2.24) is 5.32 Å². The van der Waals surface area contributed by atoms with Crippen molar-refractivity contribution in [2.45, 2.75) is 138 Å². The summed E-state index contributed by atoms with van der Waals surface area (Å²) >= 11 is 0. The SMILES string of the molecule is CC=C[C@H]1C(=O)C[C@@]2(NC(=O)OC(C)(C)C)CC[C@]3(C)[C@H](CC[C@@H]4[C@]5(C)CCCC(C)(C)[C@H]5CC[C@]43C)[C@H]12. The van der Waals surface area contributed by atoms with Gasteiger partial charge in [0.2, 0.25) is 0 Å². The molecule has 0 bridgehead atoms. The van der Waals surface area contributed by atoms with Gasteiger partial charge in [-0.3, -0.25) is 4.79 Å². The highest BCUT2D eigenvalue weighted by Crippen LogP contribution is 2.76. The van der Waals surface area contributed by atoms with E-state index in [1.54, 1.807) is 0 Å². The molecule has 0 radical (unpaired) electrons. The number of nitrogens with one attached hydrogen (secondary N) is 1. The van der Waals surface area contributed by atoms with Crippen LogP contribution >= 0.6 is 0 Å². The number of ketones is 1. The summed E-state index contributed by atoms with van der Waals surface area (Å²) in [5, 5.41) is 3.35. The lowest BCUT2D eigenvalue weighted by Crippen LogP contribution is -2.68. The van der Waals surface area contributed by atoms with E-state index in [2.05, 4.69) is 52.1 Å². The summed E-state index contributed by atoms with van der Waals surface area (Å²) in [7, 11) is 0. The second-order valence-corrected chi connectivity index (χ2v) is 16.5. The summed E-state index contributed by atoms with van der Waals surface area (Å²) in [6.45, 7) is 20.7. The first-order valence-corrected chi connectivity index (χ1v) is 15.7. The number of hydrogen-bond donors (Lipinski definition) is 1. The maximum absolute atomic E-state index is 13.6. The van der Waals surface area contributed by atoms with E-state index < -0.39 is 11.1 Å². The molecule has 214 valence electrons. The maximum Gasteiger partial charge on any atom is 0.408 e. The number of amides is 1. The lowest BCUT2D eigenvalue weighted by atomic mass is 9.33. The Hall–Kier alpha value is -1.32. The number of carbonyl (C=O) groups is 2. The first kappa shape index (κ1) is 28.2. The molecular formula is C34H55NO3. The van der Waals surface area contributed by atoms with Crippen LogP contribution in [0.15, 0.2) is 12.2 Å². The number of allylic oxidation sites excluding steroid dienone is 2. The van der Waals surface area contributed by atoms with Crippen LogP contribution in [0.2, 0.25) is 0 Å². The Labute approximate surface area is 232 Å². The van der Waals surface area contributed by atoms with Gasteiger partial charge in [-0.2, -0.15) is 0 Å². The molecule has 38 heavy (non-hydrogen) atoms. The summed E-state index contributed by atoms with van der Waals surface area (Å²) < 4.78 is 5.75. The van der Waals surface area contributed by atoms with Gasteiger partial charge in [0, 0.05) is 12.3 Å². The van der Waals surface area contributed by atoms with Crippen molar-refractivity contribution in [3.8, 4) is 0 Å². The predicted molar refractivity (Wildman–Crippen MR) is 154 cm³/mol. The van der Waals surface area contributed by atoms with Crippen molar-refractivity contribution in [1.29, 1.82) is 0 Å². The van der Waals surface area contributed by atoms with Gasteiger partial charge >= 0.3 is 6.09 Å². The lowest BCUT2D eigenvalue weighted by Gasteiger charge is -2.72. The Morgan fingerprint density at radius 2 is 1.63 bits per heavy atom. The molecule has 5 aliphatic rings. The van der Waals surface area contributed by atoms with Crippen LogP contribution < -0.4 is 5.32 Å². The third-order valence-electron chi connectivity index (χ3n) is 13.2. The van der Waals surface area contributed by atoms with E-state index in [1.165, 1.54) is 44.9 Å². The highest BCUT2D eigenvalue weighted by Gasteiger charge is 2.71. The Morgan fingerprint density at radius 3 is 2.29 bits per heavy atom. The Balaban J connectivity index is 1.53. The van der Waals surface area contributed by atoms with Gasteiger partial charge in [0.1, 0.15) is 11.4 Å². The first-order chi connectivity index (χ1) is 17.5. The van der Waals surface area contributed by atoms with Gasteiger partial charge in [-0.05, 0) is 124 Å². The molecule has 4 nitrogen and oxygen atoms in total. The Morgan fingerprint density at radius 1 is 0.921 bits per heavy atom. The fourth-order valence-corrected chi connectivity index (χ4v) is 11.7. The minimum atomic E-state index is -0.557. The monoisotopic (exact) mass is 525 g/mol. The summed E-state index contributed by atoms with van der Waals surface area (Å²) in [4.78, 5) is 26.8. The number of ether oxygens (including phenoxy) is 1. The highest BCUT2D eigenvalue weighted by molar-refractivity contribution is 5.88. The molecule has 0 aromatic rings. The predicted octanol–water partition coefficient (Wildman–Crippen LogP) is 8.49. The van der Waals surface area contributed by atoms with E-state index in [9.17, 15) is 9.59 Å². The fraction of sp³-hybridized carbons (Fsp3) is 0.882. The number of rotatable bonds is 2. The molecule has 4 heteroatoms. The summed E-state index contributed by atoms with van der Waals surface area (Å²) in [6.07, 6.45) is 15.4. The zero-order chi connectivity index (χ0) is 27.9. The highest BCUT2D eigenvalue weighted by atomic mass is 16.6. The Kier molecular flexibility index (Phi) is 6.56. The van der Waals surface area contributed by atoms with Crippen molar-refractivity contribution < 1.29 is 14.3 Å². The van der Waals surface area contributed by atoms with Crippen molar-refractivity contribution in [3.05, 3.63) is 12.2 Å². The minimum absolute atomic E-state index is 0.111. The Bertz CT molecular complexity index is 1010. The number of alkyl carbamates (subject to hydrolysis) is 1. The van der Waals surface area contributed by atoms with Crippen molar-refractivity contribution >= 4 is 11.9 Å². The molecule has 0 aromatic carbocycles. The second kappa shape index (κ2) is 8.84. The lowest BCUT2D eigenvalue weighted by molar-refractivity contribution is -0.230. The first-order valence-electron chi connectivity index (χ1n) is 15.7. The summed E-state index contributed by atoms with van der Waals surface area (Å²) in [6, 6.07) is 0. The number of Topliss-reactive ketones (excluding diaryl/α,β-unsaturated/α-hetero) is 1. The maximum atomic E-state index is 13.6. The third-order valence-corrected chi connectivity index (χ3v) is 13.2. The standard InChI is InChI=1S/C34H55NO3/c1-10-12-22-24(36)21-34(35-28(37)38-29(2,3)4)20-19-32(8)23(27(22)34)13-14-26-31(7)17-11-16-30(5,6)25(31)15-18-33(26,32)9/h10,12,22-23,25-27H,11,13-21H2,1-9H3,(H,35,37)/t22-,23+,25+,26+,27-,31+,32+,33+,34-/m0/s1.